The zero-order valence-corrected chi connectivity index (χ0v) is 17.3. The van der Waals surface area contributed by atoms with Gasteiger partial charge in [0.05, 0.1) is 13.2 Å². The van der Waals surface area contributed by atoms with Gasteiger partial charge in [0, 0.05) is 25.2 Å². The van der Waals surface area contributed by atoms with Gasteiger partial charge in [-0.1, -0.05) is 6.92 Å². The van der Waals surface area contributed by atoms with Gasteiger partial charge >= 0.3 is 6.03 Å². The predicted octanol–water partition coefficient (Wildman–Crippen LogP) is 2.42. The van der Waals surface area contributed by atoms with Gasteiger partial charge in [0.15, 0.2) is 11.5 Å². The number of rotatable bonds is 7. The molecule has 1 spiro atoms. The molecule has 2 saturated heterocycles. The normalized spacial score (nSPS) is 18.2. The second-order valence-corrected chi connectivity index (χ2v) is 7.29. The lowest BCUT2D eigenvalue weighted by Crippen LogP contribution is -2.55. The minimum absolute atomic E-state index is 0.119. The van der Waals surface area contributed by atoms with Gasteiger partial charge in [-0.15, -0.1) is 0 Å². The molecule has 0 saturated carbocycles. The van der Waals surface area contributed by atoms with Gasteiger partial charge in [-0.25, -0.2) is 4.79 Å². The average Bonchev–Trinajstić information content (AvgIpc) is 2.94. The van der Waals surface area contributed by atoms with Crippen molar-refractivity contribution >= 4 is 17.8 Å². The summed E-state index contributed by atoms with van der Waals surface area (Å²) in [5.74, 6) is 0.864. The predicted molar refractivity (Wildman–Crippen MR) is 107 cm³/mol. The molecule has 29 heavy (non-hydrogen) atoms. The number of hydrogen-bond donors (Lipinski definition) is 1. The van der Waals surface area contributed by atoms with Crippen LogP contribution in [-0.4, -0.2) is 66.0 Å². The molecule has 1 aromatic carbocycles. The molecule has 2 aliphatic heterocycles. The highest BCUT2D eigenvalue weighted by molar-refractivity contribution is 6.07. The van der Waals surface area contributed by atoms with Crippen LogP contribution in [0.15, 0.2) is 18.2 Å². The number of nitrogens with zero attached hydrogens (tertiary/aromatic N) is 2. The van der Waals surface area contributed by atoms with Crippen molar-refractivity contribution in [3.63, 3.8) is 0 Å². The third kappa shape index (κ3) is 4.02. The highest BCUT2D eigenvalue weighted by Gasteiger charge is 2.52. The van der Waals surface area contributed by atoms with Crippen LogP contribution in [0.2, 0.25) is 0 Å². The SMILES string of the molecule is CCCN1C(=O)NC2(CCN(C(=O)c3ccc(OCC)c(OCC)c3)CC2)C1=O. The first-order valence-electron chi connectivity index (χ1n) is 10.3. The molecule has 0 aromatic heterocycles. The molecule has 0 aliphatic carbocycles. The van der Waals surface area contributed by atoms with E-state index >= 15 is 0 Å². The van der Waals surface area contributed by atoms with Crippen LogP contribution in [-0.2, 0) is 4.79 Å². The number of piperidine rings is 1. The van der Waals surface area contributed by atoms with Gasteiger partial charge in [0.2, 0.25) is 0 Å². The first-order valence-corrected chi connectivity index (χ1v) is 10.3. The number of imide groups is 1. The van der Waals surface area contributed by atoms with Crippen LogP contribution in [0.1, 0.15) is 50.4 Å². The minimum atomic E-state index is -0.877. The summed E-state index contributed by atoms with van der Waals surface area (Å²) in [6, 6.07) is 4.85. The first kappa shape index (κ1) is 21.0. The standard InChI is InChI=1S/C21H29N3O5/c1-4-11-24-19(26)21(22-20(24)27)9-12-23(13-10-21)18(25)15-7-8-16(28-5-2)17(14-15)29-6-3/h7-8,14H,4-6,9-13H2,1-3H3,(H,22,27). The maximum absolute atomic E-state index is 13.0. The Kier molecular flexibility index (Phi) is 6.30. The molecule has 8 nitrogen and oxygen atoms in total. The summed E-state index contributed by atoms with van der Waals surface area (Å²) in [6.07, 6.45) is 1.55. The molecular weight excluding hydrogens is 374 g/mol. The highest BCUT2D eigenvalue weighted by Crippen LogP contribution is 2.32. The number of hydrogen-bond acceptors (Lipinski definition) is 5. The topological polar surface area (TPSA) is 88.2 Å². The number of urea groups is 1. The Morgan fingerprint density at radius 3 is 2.34 bits per heavy atom. The lowest BCUT2D eigenvalue weighted by molar-refractivity contribution is -0.132. The molecule has 8 heteroatoms. The van der Waals surface area contributed by atoms with E-state index in [9.17, 15) is 14.4 Å². The van der Waals surface area contributed by atoms with Crippen LogP contribution in [0.5, 0.6) is 11.5 Å². The molecule has 0 unspecified atom stereocenters. The van der Waals surface area contributed by atoms with Crippen LogP contribution in [0.25, 0.3) is 0 Å². The van der Waals surface area contributed by atoms with Crippen molar-refractivity contribution in [1.29, 1.82) is 0 Å². The molecule has 3 rings (SSSR count). The fourth-order valence-corrected chi connectivity index (χ4v) is 3.90. The smallest absolute Gasteiger partial charge is 0.325 e. The van der Waals surface area contributed by atoms with Crippen molar-refractivity contribution < 1.29 is 23.9 Å². The lowest BCUT2D eigenvalue weighted by atomic mass is 9.87. The number of carbonyl (C=O) groups is 3. The van der Waals surface area contributed by atoms with Crippen molar-refractivity contribution in [1.82, 2.24) is 15.1 Å². The maximum Gasteiger partial charge on any atom is 0.325 e. The third-order valence-electron chi connectivity index (χ3n) is 5.39. The van der Waals surface area contributed by atoms with E-state index in [1.54, 1.807) is 23.1 Å². The molecule has 2 aliphatic rings. The van der Waals surface area contributed by atoms with E-state index < -0.39 is 5.54 Å². The fourth-order valence-electron chi connectivity index (χ4n) is 3.90. The second kappa shape index (κ2) is 8.71. The molecule has 1 N–H and O–H groups in total. The van der Waals surface area contributed by atoms with E-state index in [0.717, 1.165) is 6.42 Å². The van der Waals surface area contributed by atoms with E-state index in [0.29, 0.717) is 62.8 Å². The summed E-state index contributed by atoms with van der Waals surface area (Å²) in [7, 11) is 0. The Morgan fingerprint density at radius 1 is 1.07 bits per heavy atom. The molecule has 0 bridgehead atoms. The van der Waals surface area contributed by atoms with Crippen molar-refractivity contribution in [3.05, 3.63) is 23.8 Å². The highest BCUT2D eigenvalue weighted by atomic mass is 16.5. The van der Waals surface area contributed by atoms with Crippen molar-refractivity contribution in [2.75, 3.05) is 32.8 Å². The van der Waals surface area contributed by atoms with E-state index in [2.05, 4.69) is 5.32 Å². The zero-order chi connectivity index (χ0) is 21.0. The molecule has 158 valence electrons. The molecule has 0 atom stereocenters. The first-order chi connectivity index (χ1) is 14.0. The van der Waals surface area contributed by atoms with Crippen molar-refractivity contribution in [3.8, 4) is 11.5 Å². The van der Waals surface area contributed by atoms with E-state index in [-0.39, 0.29) is 17.8 Å². The molecular formula is C21H29N3O5. The molecule has 4 amide bonds. The molecule has 2 fully saturated rings. The number of nitrogens with one attached hydrogen (secondary N) is 1. The summed E-state index contributed by atoms with van der Waals surface area (Å²) in [4.78, 5) is 40.9. The lowest BCUT2D eigenvalue weighted by Gasteiger charge is -2.37. The zero-order valence-electron chi connectivity index (χ0n) is 17.3. The fraction of sp³-hybridized carbons (Fsp3) is 0.571. The molecule has 1 aromatic rings. The molecule has 0 radical (unpaired) electrons. The van der Waals surface area contributed by atoms with Crippen LogP contribution >= 0.6 is 0 Å². The summed E-state index contributed by atoms with van der Waals surface area (Å²) >= 11 is 0. The van der Waals surface area contributed by atoms with Gasteiger partial charge in [-0.2, -0.15) is 0 Å². The maximum atomic E-state index is 13.0. The molecule has 2 heterocycles. The third-order valence-corrected chi connectivity index (χ3v) is 5.39. The summed E-state index contributed by atoms with van der Waals surface area (Å²) in [6.45, 7) is 7.91. The number of benzene rings is 1. The van der Waals surface area contributed by atoms with Gasteiger partial charge in [-0.3, -0.25) is 14.5 Å². The Bertz CT molecular complexity index is 787. The number of likely N-dealkylation sites (tertiary alicyclic amines) is 1. The van der Waals surface area contributed by atoms with Crippen LogP contribution < -0.4 is 14.8 Å². The number of amides is 4. The Hall–Kier alpha value is -2.77. The summed E-state index contributed by atoms with van der Waals surface area (Å²) < 4.78 is 11.2. The van der Waals surface area contributed by atoms with Gasteiger partial charge < -0.3 is 19.7 Å². The van der Waals surface area contributed by atoms with Gasteiger partial charge in [0.1, 0.15) is 5.54 Å². The minimum Gasteiger partial charge on any atom is -0.490 e. The number of ether oxygens (including phenoxy) is 2. The van der Waals surface area contributed by atoms with Gasteiger partial charge in [-0.05, 0) is 51.3 Å². The van der Waals surface area contributed by atoms with E-state index in [1.807, 2.05) is 20.8 Å². The quantitative estimate of drug-likeness (QED) is 0.707. The Labute approximate surface area is 171 Å². The van der Waals surface area contributed by atoms with Gasteiger partial charge in [0.25, 0.3) is 11.8 Å². The van der Waals surface area contributed by atoms with Crippen LogP contribution in [0.4, 0.5) is 4.79 Å². The van der Waals surface area contributed by atoms with E-state index in [4.69, 9.17) is 9.47 Å². The summed E-state index contributed by atoms with van der Waals surface area (Å²) in [5.41, 5.74) is -0.361. The van der Waals surface area contributed by atoms with Crippen LogP contribution in [0.3, 0.4) is 0 Å². The summed E-state index contributed by atoms with van der Waals surface area (Å²) in [5, 5.41) is 2.86. The average molecular weight is 403 g/mol. The van der Waals surface area contributed by atoms with Crippen molar-refractivity contribution in [2.24, 2.45) is 0 Å². The van der Waals surface area contributed by atoms with Crippen molar-refractivity contribution in [2.45, 2.75) is 45.6 Å². The monoisotopic (exact) mass is 403 g/mol. The largest absolute Gasteiger partial charge is 0.490 e. The second-order valence-electron chi connectivity index (χ2n) is 7.29. The number of carbonyl (C=O) groups excluding carboxylic acids is 3. The van der Waals surface area contributed by atoms with Crippen LogP contribution in [0, 0.1) is 0 Å². The Balaban J connectivity index is 1.70. The van der Waals surface area contributed by atoms with E-state index in [1.165, 1.54) is 4.90 Å². The Morgan fingerprint density at radius 2 is 1.72 bits per heavy atom.